The molecule has 0 radical (unpaired) electrons. The molecule has 4 nitrogen and oxygen atoms in total. The van der Waals surface area contributed by atoms with Gasteiger partial charge < -0.3 is 15.3 Å². The van der Waals surface area contributed by atoms with Crippen LogP contribution in [0, 0.1) is 11.8 Å². The minimum absolute atomic E-state index is 0.119. The first-order valence-corrected chi connectivity index (χ1v) is 7.53. The Labute approximate surface area is 130 Å². The summed E-state index contributed by atoms with van der Waals surface area (Å²) in [6.45, 7) is 1.37. The van der Waals surface area contributed by atoms with Gasteiger partial charge in [0.1, 0.15) is 6.61 Å². The Bertz CT molecular complexity index is 555. The molecule has 1 fully saturated rings. The van der Waals surface area contributed by atoms with E-state index < -0.39 is 0 Å². The van der Waals surface area contributed by atoms with Crippen LogP contribution >= 0.6 is 11.6 Å². The maximum Gasteiger partial charge on any atom is 0.321 e. The lowest BCUT2D eigenvalue weighted by Gasteiger charge is -2.21. The number of aliphatic hydroxyl groups excluding tert-OH is 1. The van der Waals surface area contributed by atoms with Gasteiger partial charge in [-0.15, -0.1) is 0 Å². The number of benzene rings is 1. The first-order chi connectivity index (χ1) is 10.2. The van der Waals surface area contributed by atoms with E-state index in [1.54, 1.807) is 18.2 Å². The molecule has 2 rings (SSSR count). The Kier molecular flexibility index (Phi) is 5.91. The van der Waals surface area contributed by atoms with Crippen molar-refractivity contribution in [3.63, 3.8) is 0 Å². The van der Waals surface area contributed by atoms with Crippen LogP contribution in [0.3, 0.4) is 0 Å². The number of halogens is 1. The number of hydrogen-bond acceptors (Lipinski definition) is 2. The molecular formula is C16H19ClN2O2. The molecule has 0 saturated carbocycles. The molecule has 21 heavy (non-hydrogen) atoms. The first kappa shape index (κ1) is 15.7. The molecule has 0 spiro atoms. The largest absolute Gasteiger partial charge is 0.384 e. The molecule has 1 heterocycles. The summed E-state index contributed by atoms with van der Waals surface area (Å²) in [6, 6.07) is 5.06. The van der Waals surface area contributed by atoms with E-state index in [9.17, 15) is 4.79 Å². The summed E-state index contributed by atoms with van der Waals surface area (Å²) in [6.07, 6.45) is 4.44. The fourth-order valence-electron chi connectivity index (χ4n) is 2.31. The van der Waals surface area contributed by atoms with Crippen LogP contribution in [0.2, 0.25) is 5.02 Å². The first-order valence-electron chi connectivity index (χ1n) is 7.16. The van der Waals surface area contributed by atoms with Crippen molar-refractivity contribution in [2.24, 2.45) is 0 Å². The normalized spacial score (nSPS) is 14.9. The van der Waals surface area contributed by atoms with E-state index >= 15 is 0 Å². The van der Waals surface area contributed by atoms with Crippen molar-refractivity contribution in [1.29, 1.82) is 0 Å². The molecule has 0 unspecified atom stereocenters. The smallest absolute Gasteiger partial charge is 0.321 e. The minimum Gasteiger partial charge on any atom is -0.384 e. The van der Waals surface area contributed by atoms with Crippen LogP contribution in [-0.4, -0.2) is 35.7 Å². The molecule has 0 bridgehead atoms. The Morgan fingerprint density at radius 1 is 1.29 bits per heavy atom. The molecule has 1 saturated heterocycles. The number of nitrogens with zero attached hydrogens (tertiary/aromatic N) is 1. The fourth-order valence-corrected chi connectivity index (χ4v) is 2.47. The standard InChI is InChI=1S/C16H19ClN2O2/c17-14-8-7-13(6-5-11-20)12-15(14)18-16(21)19-9-3-1-2-4-10-19/h7-8,12,20H,1-4,9-11H2,(H,18,21). The molecule has 2 N–H and O–H groups in total. The quantitative estimate of drug-likeness (QED) is 0.783. The number of likely N-dealkylation sites (tertiary alicyclic amines) is 1. The molecule has 2 amide bonds. The van der Waals surface area contributed by atoms with Crippen LogP contribution in [0.5, 0.6) is 0 Å². The third-order valence-electron chi connectivity index (χ3n) is 3.41. The molecule has 1 aromatic carbocycles. The molecular weight excluding hydrogens is 288 g/mol. The zero-order valence-electron chi connectivity index (χ0n) is 11.9. The Hall–Kier alpha value is -1.70. The highest BCUT2D eigenvalue weighted by Gasteiger charge is 2.16. The predicted molar refractivity (Wildman–Crippen MR) is 84.5 cm³/mol. The molecule has 5 heteroatoms. The van der Waals surface area contributed by atoms with E-state index in [0.717, 1.165) is 25.9 Å². The third kappa shape index (κ3) is 4.66. The van der Waals surface area contributed by atoms with Crippen LogP contribution in [0.15, 0.2) is 18.2 Å². The van der Waals surface area contributed by atoms with E-state index in [4.69, 9.17) is 16.7 Å². The molecule has 1 aliphatic heterocycles. The molecule has 0 aromatic heterocycles. The van der Waals surface area contributed by atoms with Crippen molar-refractivity contribution in [1.82, 2.24) is 4.90 Å². The van der Waals surface area contributed by atoms with Crippen LogP contribution < -0.4 is 5.32 Å². The van der Waals surface area contributed by atoms with Gasteiger partial charge in [-0.3, -0.25) is 0 Å². The maximum atomic E-state index is 12.3. The van der Waals surface area contributed by atoms with Gasteiger partial charge in [-0.05, 0) is 31.0 Å². The van der Waals surface area contributed by atoms with Crippen LogP contribution in [0.25, 0.3) is 0 Å². The molecule has 1 aliphatic rings. The van der Waals surface area contributed by atoms with Crippen LogP contribution in [-0.2, 0) is 0 Å². The van der Waals surface area contributed by atoms with E-state index in [1.807, 2.05) is 4.90 Å². The average Bonchev–Trinajstić information content (AvgIpc) is 2.77. The molecule has 1 aromatic rings. The molecule has 0 aliphatic carbocycles. The monoisotopic (exact) mass is 306 g/mol. The average molecular weight is 307 g/mol. The molecule has 0 atom stereocenters. The molecule has 112 valence electrons. The summed E-state index contributed by atoms with van der Waals surface area (Å²) in [5.41, 5.74) is 1.26. The van der Waals surface area contributed by atoms with Crippen molar-refractivity contribution < 1.29 is 9.90 Å². The van der Waals surface area contributed by atoms with Crippen molar-refractivity contribution >= 4 is 23.3 Å². The number of rotatable bonds is 1. The highest BCUT2D eigenvalue weighted by Crippen LogP contribution is 2.23. The van der Waals surface area contributed by atoms with Crippen molar-refractivity contribution in [2.45, 2.75) is 25.7 Å². The van der Waals surface area contributed by atoms with Crippen LogP contribution in [0.4, 0.5) is 10.5 Å². The predicted octanol–water partition coefficient (Wildman–Crippen LogP) is 3.09. The lowest BCUT2D eigenvalue weighted by atomic mass is 10.2. The number of nitrogens with one attached hydrogen (secondary N) is 1. The number of carbonyl (C=O) groups is 1. The van der Waals surface area contributed by atoms with Gasteiger partial charge in [0.15, 0.2) is 0 Å². The fraction of sp³-hybridized carbons (Fsp3) is 0.438. The van der Waals surface area contributed by atoms with Gasteiger partial charge in [-0.25, -0.2) is 4.79 Å². The van der Waals surface area contributed by atoms with Gasteiger partial charge in [0.05, 0.1) is 10.7 Å². The Balaban J connectivity index is 2.08. The van der Waals surface area contributed by atoms with Gasteiger partial charge in [-0.1, -0.05) is 36.3 Å². The maximum absolute atomic E-state index is 12.3. The second-order valence-electron chi connectivity index (χ2n) is 4.99. The summed E-state index contributed by atoms with van der Waals surface area (Å²) in [5, 5.41) is 12.0. The number of hydrogen-bond donors (Lipinski definition) is 2. The lowest BCUT2D eigenvalue weighted by Crippen LogP contribution is -2.35. The third-order valence-corrected chi connectivity index (χ3v) is 3.74. The summed E-state index contributed by atoms with van der Waals surface area (Å²) < 4.78 is 0. The SMILES string of the molecule is O=C(Nc1cc(C#CCO)ccc1Cl)N1CCCCCC1. The topological polar surface area (TPSA) is 52.6 Å². The minimum atomic E-state index is -0.196. The van der Waals surface area contributed by atoms with Gasteiger partial charge in [0, 0.05) is 18.7 Å². The zero-order valence-corrected chi connectivity index (χ0v) is 12.6. The Morgan fingerprint density at radius 2 is 2.00 bits per heavy atom. The van der Waals surface area contributed by atoms with E-state index in [2.05, 4.69) is 17.2 Å². The number of anilines is 1. The van der Waals surface area contributed by atoms with Gasteiger partial charge in [-0.2, -0.15) is 0 Å². The van der Waals surface area contributed by atoms with E-state index in [0.29, 0.717) is 16.3 Å². The highest BCUT2D eigenvalue weighted by atomic mass is 35.5. The van der Waals surface area contributed by atoms with Crippen molar-refractivity contribution in [3.8, 4) is 11.8 Å². The van der Waals surface area contributed by atoms with Gasteiger partial charge >= 0.3 is 6.03 Å². The van der Waals surface area contributed by atoms with E-state index in [-0.39, 0.29) is 12.6 Å². The number of aliphatic hydroxyl groups is 1. The van der Waals surface area contributed by atoms with E-state index in [1.165, 1.54) is 12.8 Å². The number of amides is 2. The van der Waals surface area contributed by atoms with Gasteiger partial charge in [0.25, 0.3) is 0 Å². The summed E-state index contributed by atoms with van der Waals surface area (Å²) in [5.74, 6) is 5.38. The zero-order chi connectivity index (χ0) is 15.1. The number of carbonyl (C=O) groups excluding carboxylic acids is 1. The van der Waals surface area contributed by atoms with Crippen molar-refractivity contribution in [2.75, 3.05) is 25.0 Å². The van der Waals surface area contributed by atoms with Crippen molar-refractivity contribution in [3.05, 3.63) is 28.8 Å². The highest BCUT2D eigenvalue weighted by molar-refractivity contribution is 6.33. The summed E-state index contributed by atoms with van der Waals surface area (Å²) >= 11 is 6.11. The van der Waals surface area contributed by atoms with Gasteiger partial charge in [0.2, 0.25) is 0 Å². The Morgan fingerprint density at radius 3 is 2.67 bits per heavy atom. The summed E-state index contributed by atoms with van der Waals surface area (Å²) in [7, 11) is 0. The second-order valence-corrected chi connectivity index (χ2v) is 5.39. The lowest BCUT2D eigenvalue weighted by molar-refractivity contribution is 0.214. The number of urea groups is 1. The summed E-state index contributed by atoms with van der Waals surface area (Å²) in [4.78, 5) is 14.1. The van der Waals surface area contributed by atoms with Crippen LogP contribution in [0.1, 0.15) is 31.2 Å². The second kappa shape index (κ2) is 7.92.